The van der Waals surface area contributed by atoms with Gasteiger partial charge in [-0.3, -0.25) is 0 Å². The lowest BCUT2D eigenvalue weighted by molar-refractivity contribution is 0.0521. The minimum atomic E-state index is -0.464. The lowest BCUT2D eigenvalue weighted by Crippen LogP contribution is -2.43. The van der Waals surface area contributed by atoms with Gasteiger partial charge < -0.3 is 15.4 Å². The highest BCUT2D eigenvalue weighted by Gasteiger charge is 2.18. The van der Waals surface area contributed by atoms with E-state index in [-0.39, 0.29) is 12.1 Å². The van der Waals surface area contributed by atoms with E-state index in [1.807, 2.05) is 20.8 Å². The van der Waals surface area contributed by atoms with Crippen LogP contribution in [0.1, 0.15) is 46.6 Å². The van der Waals surface area contributed by atoms with Crippen molar-refractivity contribution in [2.75, 3.05) is 6.54 Å². The largest absolute Gasteiger partial charge is 0.444 e. The molecule has 0 aromatic carbocycles. The SMILES string of the molecule is CC(C)CC(CNC(=O)OC(C)(C)C)NCc1csc(Br)c1. The number of ether oxygens (including phenoxy) is 1. The van der Waals surface area contributed by atoms with E-state index in [9.17, 15) is 4.79 Å². The molecule has 6 heteroatoms. The van der Waals surface area contributed by atoms with E-state index in [0.717, 1.165) is 16.8 Å². The molecule has 1 aromatic rings. The van der Waals surface area contributed by atoms with Crippen LogP contribution in [-0.4, -0.2) is 24.3 Å². The van der Waals surface area contributed by atoms with Crippen molar-refractivity contribution in [1.82, 2.24) is 10.6 Å². The fourth-order valence-electron chi connectivity index (χ4n) is 2.03. The van der Waals surface area contributed by atoms with Crippen LogP contribution in [-0.2, 0) is 11.3 Å². The molecule has 0 bridgehead atoms. The molecule has 0 aliphatic heterocycles. The maximum atomic E-state index is 11.8. The van der Waals surface area contributed by atoms with E-state index in [4.69, 9.17) is 4.74 Å². The zero-order chi connectivity index (χ0) is 16.8. The van der Waals surface area contributed by atoms with Crippen LogP contribution in [0.2, 0.25) is 0 Å². The molecule has 1 atom stereocenters. The van der Waals surface area contributed by atoms with Crippen molar-refractivity contribution in [1.29, 1.82) is 0 Å². The summed E-state index contributed by atoms with van der Waals surface area (Å²) in [4.78, 5) is 11.8. The minimum Gasteiger partial charge on any atom is -0.444 e. The average Bonchev–Trinajstić information content (AvgIpc) is 2.76. The smallest absolute Gasteiger partial charge is 0.407 e. The van der Waals surface area contributed by atoms with Crippen molar-refractivity contribution < 1.29 is 9.53 Å². The summed E-state index contributed by atoms with van der Waals surface area (Å²) in [5, 5.41) is 8.50. The van der Waals surface area contributed by atoms with Crippen LogP contribution in [0, 0.1) is 5.92 Å². The number of nitrogens with one attached hydrogen (secondary N) is 2. The van der Waals surface area contributed by atoms with E-state index in [1.54, 1.807) is 11.3 Å². The molecule has 1 aromatic heterocycles. The number of alkyl carbamates (subject to hydrolysis) is 1. The molecule has 0 aliphatic carbocycles. The highest BCUT2D eigenvalue weighted by molar-refractivity contribution is 9.11. The molecule has 0 radical (unpaired) electrons. The predicted molar refractivity (Wildman–Crippen MR) is 96.3 cm³/mol. The van der Waals surface area contributed by atoms with E-state index in [0.29, 0.717) is 12.5 Å². The van der Waals surface area contributed by atoms with Gasteiger partial charge in [-0.2, -0.15) is 0 Å². The number of halogens is 1. The summed E-state index contributed by atoms with van der Waals surface area (Å²) in [5.74, 6) is 0.562. The topological polar surface area (TPSA) is 50.4 Å². The van der Waals surface area contributed by atoms with Crippen molar-refractivity contribution in [3.8, 4) is 0 Å². The summed E-state index contributed by atoms with van der Waals surface area (Å²) in [6.45, 7) is 11.3. The van der Waals surface area contributed by atoms with Crippen LogP contribution in [0.3, 0.4) is 0 Å². The van der Waals surface area contributed by atoms with Crippen molar-refractivity contribution in [3.63, 3.8) is 0 Å². The van der Waals surface area contributed by atoms with Gasteiger partial charge >= 0.3 is 6.09 Å². The molecule has 0 spiro atoms. The van der Waals surface area contributed by atoms with Crippen molar-refractivity contribution in [3.05, 3.63) is 20.8 Å². The van der Waals surface area contributed by atoms with Crippen LogP contribution in [0.5, 0.6) is 0 Å². The summed E-state index contributed by atoms with van der Waals surface area (Å²) in [6, 6.07) is 2.34. The van der Waals surface area contributed by atoms with Gasteiger partial charge in [0.1, 0.15) is 5.60 Å². The van der Waals surface area contributed by atoms with Gasteiger partial charge in [-0.15, -0.1) is 11.3 Å². The Morgan fingerprint density at radius 2 is 2.09 bits per heavy atom. The van der Waals surface area contributed by atoms with E-state index in [1.165, 1.54) is 5.56 Å². The molecule has 22 heavy (non-hydrogen) atoms. The summed E-state index contributed by atoms with van der Waals surface area (Å²) in [6.07, 6.45) is 0.641. The molecule has 0 fully saturated rings. The number of amides is 1. The standard InChI is InChI=1S/C16H27BrN2O2S/c1-11(2)6-13(9-19-15(20)21-16(3,4)5)18-8-12-7-14(17)22-10-12/h7,10-11,13,18H,6,8-9H2,1-5H3,(H,19,20). The molecule has 1 amide bonds. The first-order valence-corrected chi connectivity index (χ1v) is 9.26. The molecular formula is C16H27BrN2O2S. The maximum Gasteiger partial charge on any atom is 0.407 e. The van der Waals surface area contributed by atoms with Gasteiger partial charge in [0.15, 0.2) is 0 Å². The third-order valence-electron chi connectivity index (χ3n) is 2.86. The second kappa shape index (κ2) is 8.89. The lowest BCUT2D eigenvalue weighted by Gasteiger charge is -2.23. The third-order valence-corrected chi connectivity index (χ3v) is 4.42. The molecular weight excluding hydrogens is 364 g/mol. The molecule has 1 heterocycles. The summed E-state index contributed by atoms with van der Waals surface area (Å²) >= 11 is 5.16. The second-order valence-corrected chi connectivity index (χ2v) is 9.14. The number of rotatable bonds is 7. The van der Waals surface area contributed by atoms with Crippen molar-refractivity contribution >= 4 is 33.4 Å². The third kappa shape index (κ3) is 8.76. The Morgan fingerprint density at radius 3 is 2.59 bits per heavy atom. The van der Waals surface area contributed by atoms with Crippen molar-refractivity contribution in [2.45, 2.75) is 59.2 Å². The van der Waals surface area contributed by atoms with Gasteiger partial charge in [-0.25, -0.2) is 4.79 Å². The zero-order valence-electron chi connectivity index (χ0n) is 14.0. The van der Waals surface area contributed by atoms with Gasteiger partial charge in [-0.05, 0) is 66.0 Å². The Balaban J connectivity index is 2.44. The quantitative estimate of drug-likeness (QED) is 0.718. The van der Waals surface area contributed by atoms with Gasteiger partial charge in [0, 0.05) is 19.1 Å². The summed E-state index contributed by atoms with van der Waals surface area (Å²) in [7, 11) is 0. The lowest BCUT2D eigenvalue weighted by atomic mass is 10.0. The van der Waals surface area contributed by atoms with Crippen LogP contribution in [0.4, 0.5) is 4.79 Å². The molecule has 0 saturated heterocycles. The molecule has 126 valence electrons. The minimum absolute atomic E-state index is 0.228. The number of carbonyl (C=O) groups is 1. The molecule has 2 N–H and O–H groups in total. The van der Waals surface area contributed by atoms with Crippen LogP contribution in [0.15, 0.2) is 15.2 Å². The number of thiophene rings is 1. The Labute approximate surface area is 146 Å². The Hall–Kier alpha value is -0.590. The number of hydrogen-bond donors (Lipinski definition) is 2. The summed E-state index contributed by atoms with van der Waals surface area (Å²) in [5.41, 5.74) is 0.788. The molecule has 0 aliphatic rings. The molecule has 4 nitrogen and oxygen atoms in total. The first-order chi connectivity index (χ1) is 10.2. The van der Waals surface area contributed by atoms with Gasteiger partial charge in [0.2, 0.25) is 0 Å². The van der Waals surface area contributed by atoms with Crippen LogP contribution >= 0.6 is 27.3 Å². The fourth-order valence-corrected chi connectivity index (χ4v) is 3.24. The zero-order valence-corrected chi connectivity index (χ0v) is 16.4. The molecule has 0 saturated carbocycles. The van der Waals surface area contributed by atoms with Gasteiger partial charge in [-0.1, -0.05) is 13.8 Å². The first kappa shape index (κ1) is 19.5. The van der Waals surface area contributed by atoms with Crippen LogP contribution < -0.4 is 10.6 Å². The highest BCUT2D eigenvalue weighted by Crippen LogP contribution is 2.20. The average molecular weight is 391 g/mol. The highest BCUT2D eigenvalue weighted by atomic mass is 79.9. The number of hydrogen-bond acceptors (Lipinski definition) is 4. The maximum absolute atomic E-state index is 11.8. The van der Waals surface area contributed by atoms with Gasteiger partial charge in [0.05, 0.1) is 3.79 Å². The first-order valence-electron chi connectivity index (χ1n) is 7.59. The Morgan fingerprint density at radius 1 is 1.41 bits per heavy atom. The second-order valence-electron chi connectivity index (χ2n) is 6.85. The Kier molecular flexibility index (Phi) is 7.86. The van der Waals surface area contributed by atoms with Gasteiger partial charge in [0.25, 0.3) is 0 Å². The monoisotopic (exact) mass is 390 g/mol. The molecule has 1 rings (SSSR count). The van der Waals surface area contributed by atoms with E-state index < -0.39 is 5.60 Å². The van der Waals surface area contributed by atoms with Crippen molar-refractivity contribution in [2.24, 2.45) is 5.92 Å². The molecule has 1 unspecified atom stereocenters. The predicted octanol–water partition coefficient (Wildman–Crippen LogP) is 4.54. The normalized spacial score (nSPS) is 13.2. The van der Waals surface area contributed by atoms with E-state index in [2.05, 4.69) is 51.9 Å². The fraction of sp³-hybridized carbons (Fsp3) is 0.688. The van der Waals surface area contributed by atoms with Crippen LogP contribution in [0.25, 0.3) is 0 Å². The summed E-state index contributed by atoms with van der Waals surface area (Å²) < 4.78 is 6.41. The number of carbonyl (C=O) groups excluding carboxylic acids is 1. The van der Waals surface area contributed by atoms with E-state index >= 15 is 0 Å². The Bertz CT molecular complexity index is 469.